The third-order valence-corrected chi connectivity index (χ3v) is 6.87. The van der Waals surface area contributed by atoms with Gasteiger partial charge in [-0.15, -0.1) is 0 Å². The molecule has 8 heteroatoms. The van der Waals surface area contributed by atoms with Crippen LogP contribution in [0.2, 0.25) is 0 Å². The van der Waals surface area contributed by atoms with E-state index < -0.39 is 10.0 Å². The number of nitrogens with zero attached hydrogens (tertiary/aromatic N) is 1. The zero-order chi connectivity index (χ0) is 22.6. The first-order chi connectivity index (χ1) is 14.7. The Labute approximate surface area is 191 Å². The second kappa shape index (κ2) is 9.53. The molecule has 162 valence electrons. The van der Waals surface area contributed by atoms with Gasteiger partial charge < -0.3 is 10.1 Å². The van der Waals surface area contributed by atoms with Gasteiger partial charge in [0.25, 0.3) is 15.9 Å². The van der Waals surface area contributed by atoms with Crippen LogP contribution < -0.4 is 14.4 Å². The topological polar surface area (TPSA) is 75.7 Å². The number of para-hydroxylation sites is 1. The number of sulfonamides is 1. The monoisotopic (exact) mass is 502 g/mol. The van der Waals surface area contributed by atoms with Gasteiger partial charge >= 0.3 is 0 Å². The molecule has 0 aliphatic rings. The summed E-state index contributed by atoms with van der Waals surface area (Å²) in [6, 6.07) is 20.0. The summed E-state index contributed by atoms with van der Waals surface area (Å²) in [5, 5.41) is 2.78. The first-order valence-electron chi connectivity index (χ1n) is 9.60. The van der Waals surface area contributed by atoms with Gasteiger partial charge in [-0.2, -0.15) is 0 Å². The molecule has 0 aliphatic carbocycles. The van der Waals surface area contributed by atoms with Gasteiger partial charge in [0.1, 0.15) is 5.75 Å². The Bertz CT molecular complexity index is 1160. The van der Waals surface area contributed by atoms with Crippen LogP contribution >= 0.6 is 15.9 Å². The van der Waals surface area contributed by atoms with Crippen molar-refractivity contribution in [2.75, 3.05) is 16.7 Å². The summed E-state index contributed by atoms with van der Waals surface area (Å²) in [5.74, 6) is 0.345. The van der Waals surface area contributed by atoms with Crippen molar-refractivity contribution in [3.05, 3.63) is 82.8 Å². The van der Waals surface area contributed by atoms with Crippen molar-refractivity contribution < 1.29 is 17.9 Å². The second-order valence-corrected chi connectivity index (χ2v) is 9.92. The highest BCUT2D eigenvalue weighted by Crippen LogP contribution is 2.28. The predicted octanol–water partition coefficient (Wildman–Crippen LogP) is 5.31. The lowest BCUT2D eigenvalue weighted by Crippen LogP contribution is -2.26. The highest BCUT2D eigenvalue weighted by Gasteiger charge is 2.21. The number of carbonyl (C=O) groups excluding carboxylic acids is 1. The lowest BCUT2D eigenvalue weighted by atomic mass is 10.2. The van der Waals surface area contributed by atoms with E-state index in [1.165, 1.54) is 23.5 Å². The minimum atomic E-state index is -3.71. The van der Waals surface area contributed by atoms with Gasteiger partial charge in [0, 0.05) is 18.3 Å². The van der Waals surface area contributed by atoms with Crippen molar-refractivity contribution in [1.29, 1.82) is 0 Å². The Kier molecular flexibility index (Phi) is 7.02. The molecule has 0 spiro atoms. The SMILES string of the molecule is CC(C)Oc1ccc(C(=O)Nc2ccc(S(=O)(=O)N(C)c3ccccc3)cc2)cc1Br. The van der Waals surface area contributed by atoms with Crippen LogP contribution in [0.4, 0.5) is 11.4 Å². The molecule has 3 aromatic carbocycles. The molecule has 0 bridgehead atoms. The van der Waals surface area contributed by atoms with Crippen LogP contribution in [0.5, 0.6) is 5.75 Å². The van der Waals surface area contributed by atoms with Gasteiger partial charge in [0.2, 0.25) is 0 Å². The highest BCUT2D eigenvalue weighted by atomic mass is 79.9. The zero-order valence-electron chi connectivity index (χ0n) is 17.4. The molecular formula is C23H23BrN2O4S. The van der Waals surface area contributed by atoms with Crippen molar-refractivity contribution in [2.45, 2.75) is 24.8 Å². The summed E-state index contributed by atoms with van der Waals surface area (Å²) in [6.45, 7) is 3.85. The van der Waals surface area contributed by atoms with E-state index in [4.69, 9.17) is 4.74 Å². The van der Waals surface area contributed by atoms with Gasteiger partial charge in [-0.1, -0.05) is 18.2 Å². The number of hydrogen-bond donors (Lipinski definition) is 1. The van der Waals surface area contributed by atoms with Crippen LogP contribution in [-0.2, 0) is 10.0 Å². The smallest absolute Gasteiger partial charge is 0.264 e. The van der Waals surface area contributed by atoms with Crippen molar-refractivity contribution in [1.82, 2.24) is 0 Å². The number of halogens is 1. The summed E-state index contributed by atoms with van der Waals surface area (Å²) in [7, 11) is -2.20. The Hall–Kier alpha value is -2.84. The molecule has 3 rings (SSSR count). The molecule has 0 aliphatic heterocycles. The molecule has 0 saturated carbocycles. The lowest BCUT2D eigenvalue weighted by Gasteiger charge is -2.19. The number of carbonyl (C=O) groups is 1. The molecule has 31 heavy (non-hydrogen) atoms. The Morgan fingerprint density at radius 2 is 1.65 bits per heavy atom. The number of anilines is 2. The summed E-state index contributed by atoms with van der Waals surface area (Å²) in [6.07, 6.45) is 0.0201. The maximum Gasteiger partial charge on any atom is 0.264 e. The van der Waals surface area contributed by atoms with Gasteiger partial charge in [0.15, 0.2) is 0 Å². The van der Waals surface area contributed by atoms with Crippen LogP contribution in [0.3, 0.4) is 0 Å². The molecule has 3 aromatic rings. The number of benzene rings is 3. The van der Waals surface area contributed by atoms with E-state index in [1.54, 1.807) is 54.6 Å². The molecule has 1 N–H and O–H groups in total. The molecule has 0 aromatic heterocycles. The molecule has 0 fully saturated rings. The van der Waals surface area contributed by atoms with Crippen LogP contribution in [0.25, 0.3) is 0 Å². The fourth-order valence-corrected chi connectivity index (χ4v) is 4.51. The van der Waals surface area contributed by atoms with Gasteiger partial charge in [-0.05, 0) is 84.4 Å². The minimum Gasteiger partial charge on any atom is -0.490 e. The third kappa shape index (κ3) is 5.45. The van der Waals surface area contributed by atoms with Crippen molar-refractivity contribution in [2.24, 2.45) is 0 Å². The number of nitrogens with one attached hydrogen (secondary N) is 1. The molecule has 1 amide bonds. The number of ether oxygens (including phenoxy) is 1. The van der Waals surface area contributed by atoms with E-state index in [1.807, 2.05) is 19.9 Å². The van der Waals surface area contributed by atoms with Crippen molar-refractivity contribution in [3.63, 3.8) is 0 Å². The van der Waals surface area contributed by atoms with E-state index in [9.17, 15) is 13.2 Å². The largest absolute Gasteiger partial charge is 0.490 e. The summed E-state index contributed by atoms with van der Waals surface area (Å²) in [5.41, 5.74) is 1.50. The standard InChI is InChI=1S/C23H23BrN2O4S/c1-16(2)30-22-14-9-17(15-21(22)24)23(27)25-18-10-12-20(13-11-18)31(28,29)26(3)19-7-5-4-6-8-19/h4-16H,1-3H3,(H,25,27). The first kappa shape index (κ1) is 22.8. The minimum absolute atomic E-state index is 0.0201. The number of hydrogen-bond acceptors (Lipinski definition) is 4. The normalized spacial score (nSPS) is 11.3. The molecular weight excluding hydrogens is 480 g/mol. The molecule has 0 unspecified atom stereocenters. The average Bonchev–Trinajstić information content (AvgIpc) is 2.75. The molecule has 0 radical (unpaired) electrons. The fourth-order valence-electron chi connectivity index (χ4n) is 2.84. The summed E-state index contributed by atoms with van der Waals surface area (Å²) >= 11 is 3.42. The van der Waals surface area contributed by atoms with Gasteiger partial charge in [-0.3, -0.25) is 9.10 Å². The quantitative estimate of drug-likeness (QED) is 0.474. The maximum atomic E-state index is 12.9. The maximum absolute atomic E-state index is 12.9. The lowest BCUT2D eigenvalue weighted by molar-refractivity contribution is 0.102. The van der Waals surface area contributed by atoms with Gasteiger partial charge in [-0.25, -0.2) is 8.42 Å². The fraction of sp³-hybridized carbons (Fsp3) is 0.174. The Morgan fingerprint density at radius 1 is 1.00 bits per heavy atom. The molecule has 6 nitrogen and oxygen atoms in total. The number of rotatable bonds is 7. The third-order valence-electron chi connectivity index (χ3n) is 4.45. The van der Waals surface area contributed by atoms with Crippen LogP contribution in [0, 0.1) is 0 Å². The average molecular weight is 503 g/mol. The Balaban J connectivity index is 1.73. The number of amides is 1. The van der Waals surface area contributed by atoms with E-state index in [0.29, 0.717) is 27.2 Å². The highest BCUT2D eigenvalue weighted by molar-refractivity contribution is 9.10. The molecule has 0 saturated heterocycles. The molecule has 0 atom stereocenters. The summed E-state index contributed by atoms with van der Waals surface area (Å²) < 4.78 is 33.3. The first-order valence-corrected chi connectivity index (χ1v) is 11.8. The van der Waals surface area contributed by atoms with Gasteiger partial charge in [0.05, 0.1) is 21.2 Å². The Morgan fingerprint density at radius 3 is 2.23 bits per heavy atom. The van der Waals surface area contributed by atoms with Crippen molar-refractivity contribution in [3.8, 4) is 5.75 Å². The van der Waals surface area contributed by atoms with E-state index in [-0.39, 0.29) is 16.9 Å². The van der Waals surface area contributed by atoms with E-state index >= 15 is 0 Å². The van der Waals surface area contributed by atoms with Crippen LogP contribution in [0.15, 0.2) is 82.2 Å². The van der Waals surface area contributed by atoms with Crippen molar-refractivity contribution >= 4 is 43.2 Å². The van der Waals surface area contributed by atoms with E-state index in [2.05, 4.69) is 21.2 Å². The second-order valence-electron chi connectivity index (χ2n) is 7.10. The summed E-state index contributed by atoms with van der Waals surface area (Å²) in [4.78, 5) is 12.7. The van der Waals surface area contributed by atoms with E-state index in [0.717, 1.165) is 0 Å². The van der Waals surface area contributed by atoms with Crippen LogP contribution in [0.1, 0.15) is 24.2 Å². The molecule has 0 heterocycles. The zero-order valence-corrected chi connectivity index (χ0v) is 19.8. The predicted molar refractivity (Wildman–Crippen MR) is 126 cm³/mol. The van der Waals surface area contributed by atoms with Crippen LogP contribution in [-0.4, -0.2) is 27.5 Å².